The van der Waals surface area contributed by atoms with Gasteiger partial charge in [-0.05, 0) is 51.9 Å². The van der Waals surface area contributed by atoms with Crippen LogP contribution in [-0.2, 0) is 9.53 Å². The van der Waals surface area contributed by atoms with Crippen LogP contribution in [0.3, 0.4) is 0 Å². The molecule has 1 heterocycles. The zero-order valence-corrected chi connectivity index (χ0v) is 13.1. The Morgan fingerprint density at radius 3 is 2.75 bits per heavy atom. The number of hydrogen-bond donors (Lipinski definition) is 2. The number of nitrogens with one attached hydrogen (secondary N) is 1. The molecule has 3 fully saturated rings. The van der Waals surface area contributed by atoms with Crippen molar-refractivity contribution in [1.82, 2.24) is 5.32 Å². The number of amides is 1. The second-order valence-electron chi connectivity index (χ2n) is 6.62. The maximum Gasteiger partial charge on any atom is 0.237 e. The molecule has 4 unspecified atom stereocenters. The Balaban J connectivity index is 1.62. The van der Waals surface area contributed by atoms with E-state index in [-0.39, 0.29) is 5.91 Å². The number of hydrogen-bond acceptors (Lipinski definition) is 4. The summed E-state index contributed by atoms with van der Waals surface area (Å²) in [5.74, 6) is -0.148. The summed E-state index contributed by atoms with van der Waals surface area (Å²) >= 11 is 2.03. The van der Waals surface area contributed by atoms with Gasteiger partial charge in [0, 0.05) is 23.1 Å². The van der Waals surface area contributed by atoms with E-state index in [1.807, 2.05) is 11.8 Å². The predicted molar refractivity (Wildman–Crippen MR) is 81.7 cm³/mol. The smallest absolute Gasteiger partial charge is 0.237 e. The molecule has 0 aromatic heterocycles. The van der Waals surface area contributed by atoms with Crippen molar-refractivity contribution in [1.29, 1.82) is 0 Å². The lowest BCUT2D eigenvalue weighted by atomic mass is 9.80. The summed E-state index contributed by atoms with van der Waals surface area (Å²) < 4.78 is 5.65. The van der Waals surface area contributed by atoms with Crippen LogP contribution in [0.15, 0.2) is 0 Å². The molecule has 4 nitrogen and oxygen atoms in total. The minimum absolute atomic E-state index is 0.148. The largest absolute Gasteiger partial charge is 0.377 e. The van der Waals surface area contributed by atoms with E-state index in [0.29, 0.717) is 22.6 Å². The van der Waals surface area contributed by atoms with Crippen LogP contribution in [0.1, 0.15) is 51.9 Å². The number of ether oxygens (including phenoxy) is 1. The molecule has 2 saturated carbocycles. The lowest BCUT2D eigenvalue weighted by Crippen LogP contribution is -2.59. The number of carbonyl (C=O) groups is 1. The molecule has 20 heavy (non-hydrogen) atoms. The molecular formula is C15H26N2O2S. The summed E-state index contributed by atoms with van der Waals surface area (Å²) in [4.78, 5) is 12.0. The van der Waals surface area contributed by atoms with Crippen molar-refractivity contribution >= 4 is 17.7 Å². The predicted octanol–water partition coefficient (Wildman–Crippen LogP) is 1.82. The van der Waals surface area contributed by atoms with Gasteiger partial charge in [0.15, 0.2) is 0 Å². The standard InChI is InChI=1S/C15H26N2O2S/c1-10-13(6-8-19-10)20-12-3-2-7-15(9-12,14(16)18)17-11-4-5-11/h10-13,17H,2-9H2,1H3,(H2,16,18). The molecule has 1 amide bonds. The quantitative estimate of drug-likeness (QED) is 0.812. The van der Waals surface area contributed by atoms with Crippen molar-refractivity contribution in [3.05, 3.63) is 0 Å². The number of rotatable bonds is 5. The van der Waals surface area contributed by atoms with E-state index >= 15 is 0 Å². The minimum atomic E-state index is -0.445. The first-order valence-corrected chi connectivity index (χ1v) is 8.88. The summed E-state index contributed by atoms with van der Waals surface area (Å²) in [6.07, 6.45) is 7.99. The fourth-order valence-corrected chi connectivity index (χ4v) is 5.23. The molecule has 0 spiro atoms. The minimum Gasteiger partial charge on any atom is -0.377 e. The highest BCUT2D eigenvalue weighted by molar-refractivity contribution is 8.00. The molecule has 1 aliphatic heterocycles. The highest BCUT2D eigenvalue weighted by Crippen LogP contribution is 2.41. The van der Waals surface area contributed by atoms with Crippen LogP contribution in [0.4, 0.5) is 0 Å². The van der Waals surface area contributed by atoms with Crippen LogP contribution in [0.5, 0.6) is 0 Å². The molecule has 1 saturated heterocycles. The summed E-state index contributed by atoms with van der Waals surface area (Å²) in [5.41, 5.74) is 5.30. The van der Waals surface area contributed by atoms with E-state index in [1.165, 1.54) is 19.3 Å². The highest BCUT2D eigenvalue weighted by atomic mass is 32.2. The zero-order valence-electron chi connectivity index (χ0n) is 12.3. The first kappa shape index (κ1) is 14.7. The van der Waals surface area contributed by atoms with Crippen molar-refractivity contribution in [2.75, 3.05) is 6.61 Å². The lowest BCUT2D eigenvalue weighted by molar-refractivity contribution is -0.125. The Labute approximate surface area is 125 Å². The van der Waals surface area contributed by atoms with Crippen LogP contribution >= 0.6 is 11.8 Å². The lowest BCUT2D eigenvalue weighted by Gasteiger charge is -2.40. The SMILES string of the molecule is CC1OCCC1SC1CCCC(NC2CC2)(C(N)=O)C1. The second kappa shape index (κ2) is 5.85. The van der Waals surface area contributed by atoms with Crippen molar-refractivity contribution in [3.63, 3.8) is 0 Å². The maximum atomic E-state index is 12.0. The van der Waals surface area contributed by atoms with Crippen LogP contribution in [-0.4, -0.2) is 40.7 Å². The molecule has 3 rings (SSSR count). The van der Waals surface area contributed by atoms with Gasteiger partial charge in [0.1, 0.15) is 0 Å². The molecule has 3 aliphatic rings. The molecular weight excluding hydrogens is 272 g/mol. The fraction of sp³-hybridized carbons (Fsp3) is 0.933. The first-order chi connectivity index (χ1) is 9.59. The number of nitrogens with two attached hydrogens (primary N) is 1. The molecule has 114 valence electrons. The normalized spacial score (nSPS) is 41.8. The monoisotopic (exact) mass is 298 g/mol. The van der Waals surface area contributed by atoms with E-state index < -0.39 is 5.54 Å². The summed E-state index contributed by atoms with van der Waals surface area (Å²) in [6.45, 7) is 3.05. The topological polar surface area (TPSA) is 64.3 Å². The molecule has 5 heteroatoms. The number of primary amides is 1. The van der Waals surface area contributed by atoms with Crippen molar-refractivity contribution in [2.45, 2.75) is 80.1 Å². The third-order valence-electron chi connectivity index (χ3n) is 4.91. The Kier molecular flexibility index (Phi) is 4.29. The van der Waals surface area contributed by atoms with Gasteiger partial charge in [-0.25, -0.2) is 0 Å². The van der Waals surface area contributed by atoms with E-state index in [0.717, 1.165) is 32.3 Å². The average Bonchev–Trinajstić information content (AvgIpc) is 3.13. The molecule has 0 bridgehead atoms. The summed E-state index contributed by atoms with van der Waals surface area (Å²) in [5, 5.41) is 4.68. The fourth-order valence-electron chi connectivity index (χ4n) is 3.52. The molecule has 4 atom stereocenters. The van der Waals surface area contributed by atoms with Crippen LogP contribution in [0.2, 0.25) is 0 Å². The van der Waals surface area contributed by atoms with E-state index in [2.05, 4.69) is 12.2 Å². The van der Waals surface area contributed by atoms with Gasteiger partial charge in [-0.2, -0.15) is 11.8 Å². The Morgan fingerprint density at radius 1 is 1.35 bits per heavy atom. The summed E-state index contributed by atoms with van der Waals surface area (Å²) in [7, 11) is 0. The van der Waals surface area contributed by atoms with Gasteiger partial charge in [-0.3, -0.25) is 4.79 Å². The first-order valence-electron chi connectivity index (χ1n) is 7.94. The van der Waals surface area contributed by atoms with E-state index in [9.17, 15) is 4.79 Å². The third-order valence-corrected chi connectivity index (χ3v) is 6.66. The molecule has 3 N–H and O–H groups in total. The van der Waals surface area contributed by atoms with E-state index in [4.69, 9.17) is 10.5 Å². The van der Waals surface area contributed by atoms with Crippen molar-refractivity contribution < 1.29 is 9.53 Å². The van der Waals surface area contributed by atoms with Gasteiger partial charge < -0.3 is 15.8 Å². The maximum absolute atomic E-state index is 12.0. The van der Waals surface area contributed by atoms with Gasteiger partial charge in [0.05, 0.1) is 11.6 Å². The van der Waals surface area contributed by atoms with E-state index in [1.54, 1.807) is 0 Å². The average molecular weight is 298 g/mol. The molecule has 0 radical (unpaired) electrons. The van der Waals surface area contributed by atoms with Gasteiger partial charge in [-0.1, -0.05) is 0 Å². The third kappa shape index (κ3) is 3.15. The molecule has 0 aromatic rings. The van der Waals surface area contributed by atoms with Crippen LogP contribution in [0, 0.1) is 0 Å². The van der Waals surface area contributed by atoms with Gasteiger partial charge in [0.25, 0.3) is 0 Å². The molecule has 0 aromatic carbocycles. The summed E-state index contributed by atoms with van der Waals surface area (Å²) in [6, 6.07) is 0.528. The van der Waals surface area contributed by atoms with Crippen LogP contribution in [0.25, 0.3) is 0 Å². The Bertz CT molecular complexity index is 375. The second-order valence-corrected chi connectivity index (χ2v) is 8.17. The van der Waals surface area contributed by atoms with Crippen LogP contribution < -0.4 is 11.1 Å². The van der Waals surface area contributed by atoms with Gasteiger partial charge >= 0.3 is 0 Å². The Hall–Kier alpha value is -0.260. The van der Waals surface area contributed by atoms with Crippen molar-refractivity contribution in [2.24, 2.45) is 5.73 Å². The number of carbonyl (C=O) groups excluding carboxylic acids is 1. The molecule has 2 aliphatic carbocycles. The number of thioether (sulfide) groups is 1. The van der Waals surface area contributed by atoms with Gasteiger partial charge in [-0.15, -0.1) is 0 Å². The Morgan fingerprint density at radius 2 is 2.15 bits per heavy atom. The zero-order chi connectivity index (χ0) is 14.2. The van der Waals surface area contributed by atoms with Gasteiger partial charge in [0.2, 0.25) is 5.91 Å². The highest BCUT2D eigenvalue weighted by Gasteiger charge is 2.45. The van der Waals surface area contributed by atoms with Crippen molar-refractivity contribution in [3.8, 4) is 0 Å².